The molecule has 29 heavy (non-hydrogen) atoms. The number of anilines is 1. The third-order valence-corrected chi connectivity index (χ3v) is 5.26. The molecule has 1 aliphatic heterocycles. The molecule has 0 bridgehead atoms. The van der Waals surface area contributed by atoms with Crippen molar-refractivity contribution < 1.29 is 0 Å². The second-order valence-electron chi connectivity index (χ2n) is 7.26. The fraction of sp³-hybridized carbons (Fsp3) is 0.360. The Labute approximate surface area is 175 Å². The normalized spacial score (nSPS) is 14.7. The molecule has 2 heterocycles. The summed E-state index contributed by atoms with van der Waals surface area (Å²) in [5.74, 6) is 1.56. The lowest BCUT2D eigenvalue weighted by Gasteiger charge is -2.32. The van der Waals surface area contributed by atoms with E-state index in [9.17, 15) is 0 Å². The molecule has 4 rings (SSSR count). The molecule has 1 N–H and O–H groups in total. The molecule has 0 saturated carbocycles. The van der Waals surface area contributed by atoms with Crippen LogP contribution in [0.3, 0.4) is 0 Å². The highest BCUT2D eigenvalue weighted by Gasteiger charge is 2.19. The molecule has 1 fully saturated rings. The smallest absolute Gasteiger partial charge is 0.148 e. The fourth-order valence-corrected chi connectivity index (χ4v) is 3.63. The van der Waals surface area contributed by atoms with Gasteiger partial charge in [-0.2, -0.15) is 0 Å². The van der Waals surface area contributed by atoms with Gasteiger partial charge in [0.25, 0.3) is 0 Å². The second-order valence-corrected chi connectivity index (χ2v) is 7.26. The molecule has 4 nitrogen and oxygen atoms in total. The van der Waals surface area contributed by atoms with E-state index in [2.05, 4.69) is 62.9 Å². The van der Waals surface area contributed by atoms with Gasteiger partial charge in [0.05, 0.1) is 5.69 Å². The minimum Gasteiger partial charge on any atom is -0.368 e. The summed E-state index contributed by atoms with van der Waals surface area (Å²) in [6.07, 6.45) is 2.46. The lowest BCUT2D eigenvalue weighted by atomic mass is 9.96. The predicted molar refractivity (Wildman–Crippen MR) is 122 cm³/mol. The van der Waals surface area contributed by atoms with E-state index < -0.39 is 0 Å². The molecule has 4 heteroatoms. The summed E-state index contributed by atoms with van der Waals surface area (Å²) in [6.45, 7) is 8.37. The standard InChI is InChI=1S/C23H26N4.C2H6/c1-3-7-20(8-4-1)18-27-15-13-19(14-16-27)17-24-23-12-11-22(25-26-23)21-9-5-2-6-10-21;1-2/h1-12,19H,13-18H2,(H,24,26);1-2H3. The number of benzene rings is 2. The maximum atomic E-state index is 4.35. The molecule has 1 aliphatic rings. The lowest BCUT2D eigenvalue weighted by molar-refractivity contribution is 0.182. The molecule has 1 saturated heterocycles. The monoisotopic (exact) mass is 388 g/mol. The number of nitrogens with zero attached hydrogens (tertiary/aromatic N) is 3. The van der Waals surface area contributed by atoms with Gasteiger partial charge in [-0.1, -0.05) is 74.5 Å². The van der Waals surface area contributed by atoms with Crippen molar-refractivity contribution in [3.63, 3.8) is 0 Å². The number of nitrogens with one attached hydrogen (secondary N) is 1. The molecule has 0 amide bonds. The van der Waals surface area contributed by atoms with Gasteiger partial charge in [-0.15, -0.1) is 10.2 Å². The van der Waals surface area contributed by atoms with Gasteiger partial charge in [-0.25, -0.2) is 0 Å². The van der Waals surface area contributed by atoms with Crippen LogP contribution in [-0.4, -0.2) is 34.7 Å². The van der Waals surface area contributed by atoms with Crippen LogP contribution in [0.15, 0.2) is 72.8 Å². The molecule has 3 aromatic rings. The Morgan fingerprint density at radius 1 is 0.828 bits per heavy atom. The maximum absolute atomic E-state index is 4.35. The van der Waals surface area contributed by atoms with Gasteiger partial charge < -0.3 is 5.32 Å². The molecule has 0 atom stereocenters. The van der Waals surface area contributed by atoms with Crippen LogP contribution >= 0.6 is 0 Å². The third-order valence-electron chi connectivity index (χ3n) is 5.26. The minimum absolute atomic E-state index is 0.702. The zero-order valence-electron chi connectivity index (χ0n) is 17.6. The first-order valence-electron chi connectivity index (χ1n) is 10.8. The van der Waals surface area contributed by atoms with Gasteiger partial charge >= 0.3 is 0 Å². The van der Waals surface area contributed by atoms with E-state index >= 15 is 0 Å². The summed E-state index contributed by atoms with van der Waals surface area (Å²) >= 11 is 0. The average molecular weight is 389 g/mol. The molecule has 0 aliphatic carbocycles. The Bertz CT molecular complexity index is 810. The van der Waals surface area contributed by atoms with E-state index in [1.807, 2.05) is 44.2 Å². The number of aromatic nitrogens is 2. The predicted octanol–water partition coefficient (Wildman–Crippen LogP) is 5.49. The first-order chi connectivity index (χ1) is 14.4. The van der Waals surface area contributed by atoms with Crippen LogP contribution in [-0.2, 0) is 6.54 Å². The van der Waals surface area contributed by atoms with Crippen molar-refractivity contribution in [3.05, 3.63) is 78.4 Å². The minimum atomic E-state index is 0.702. The number of hydrogen-bond acceptors (Lipinski definition) is 4. The molecule has 1 aromatic heterocycles. The Balaban J connectivity index is 0.00000117. The molecule has 2 aromatic carbocycles. The first-order valence-corrected chi connectivity index (χ1v) is 10.8. The first kappa shape index (κ1) is 21.0. The summed E-state index contributed by atoms with van der Waals surface area (Å²) in [7, 11) is 0. The SMILES string of the molecule is CC.c1ccc(CN2CCC(CNc3ccc(-c4ccccc4)nn3)CC2)cc1. The second kappa shape index (κ2) is 11.3. The van der Waals surface area contributed by atoms with Crippen molar-refractivity contribution in [2.75, 3.05) is 25.0 Å². The lowest BCUT2D eigenvalue weighted by Crippen LogP contribution is -2.35. The Hall–Kier alpha value is -2.72. The van der Waals surface area contributed by atoms with Crippen molar-refractivity contribution in [1.29, 1.82) is 0 Å². The molecule has 0 unspecified atom stereocenters. The van der Waals surface area contributed by atoms with Gasteiger partial charge in [0.1, 0.15) is 5.82 Å². The highest BCUT2D eigenvalue weighted by molar-refractivity contribution is 5.59. The van der Waals surface area contributed by atoms with E-state index in [4.69, 9.17) is 0 Å². The molecule has 0 spiro atoms. The van der Waals surface area contributed by atoms with Crippen molar-refractivity contribution in [2.45, 2.75) is 33.2 Å². The number of rotatable bonds is 6. The van der Waals surface area contributed by atoms with Gasteiger partial charge in [0.2, 0.25) is 0 Å². The van der Waals surface area contributed by atoms with Gasteiger partial charge in [0.15, 0.2) is 0 Å². The van der Waals surface area contributed by atoms with Gasteiger partial charge in [0, 0.05) is 18.7 Å². The van der Waals surface area contributed by atoms with Crippen LogP contribution in [0.1, 0.15) is 32.3 Å². The number of hydrogen-bond donors (Lipinski definition) is 1. The van der Waals surface area contributed by atoms with E-state index in [1.54, 1.807) is 0 Å². The van der Waals surface area contributed by atoms with E-state index in [-0.39, 0.29) is 0 Å². The van der Waals surface area contributed by atoms with Crippen molar-refractivity contribution in [1.82, 2.24) is 15.1 Å². The maximum Gasteiger partial charge on any atom is 0.148 e. The third kappa shape index (κ3) is 6.40. The van der Waals surface area contributed by atoms with Crippen LogP contribution in [0, 0.1) is 5.92 Å². The van der Waals surface area contributed by atoms with Gasteiger partial charge in [-0.05, 0) is 49.5 Å². The number of piperidine rings is 1. The summed E-state index contributed by atoms with van der Waals surface area (Å²) in [5.41, 5.74) is 3.42. The van der Waals surface area contributed by atoms with Crippen molar-refractivity contribution >= 4 is 5.82 Å². The van der Waals surface area contributed by atoms with Crippen LogP contribution in [0.25, 0.3) is 11.3 Å². The topological polar surface area (TPSA) is 41.0 Å². The molecular weight excluding hydrogens is 356 g/mol. The average Bonchev–Trinajstić information content (AvgIpc) is 2.82. The van der Waals surface area contributed by atoms with Crippen LogP contribution in [0.5, 0.6) is 0 Å². The summed E-state index contributed by atoms with van der Waals surface area (Å²) in [4.78, 5) is 2.56. The fourth-order valence-electron chi connectivity index (χ4n) is 3.63. The van der Waals surface area contributed by atoms with Crippen LogP contribution in [0.2, 0.25) is 0 Å². The van der Waals surface area contributed by atoms with Crippen molar-refractivity contribution in [2.24, 2.45) is 5.92 Å². The largest absolute Gasteiger partial charge is 0.368 e. The zero-order chi connectivity index (χ0) is 20.3. The Kier molecular flexibility index (Phi) is 8.20. The molecular formula is C25H32N4. The molecule has 152 valence electrons. The Morgan fingerprint density at radius 3 is 2.10 bits per heavy atom. The highest BCUT2D eigenvalue weighted by atomic mass is 15.2. The zero-order valence-corrected chi connectivity index (χ0v) is 17.6. The van der Waals surface area contributed by atoms with E-state index in [0.29, 0.717) is 5.92 Å². The van der Waals surface area contributed by atoms with E-state index in [0.717, 1.165) is 30.2 Å². The van der Waals surface area contributed by atoms with Crippen LogP contribution in [0.4, 0.5) is 5.82 Å². The van der Waals surface area contributed by atoms with Gasteiger partial charge in [-0.3, -0.25) is 4.90 Å². The Morgan fingerprint density at radius 2 is 1.48 bits per heavy atom. The summed E-state index contributed by atoms with van der Waals surface area (Å²) in [6, 6.07) is 25.0. The van der Waals surface area contributed by atoms with E-state index in [1.165, 1.54) is 31.5 Å². The summed E-state index contributed by atoms with van der Waals surface area (Å²) in [5, 5.41) is 12.2. The number of likely N-dealkylation sites (tertiary alicyclic amines) is 1. The van der Waals surface area contributed by atoms with Crippen LogP contribution < -0.4 is 5.32 Å². The van der Waals surface area contributed by atoms with Crippen molar-refractivity contribution in [3.8, 4) is 11.3 Å². The summed E-state index contributed by atoms with van der Waals surface area (Å²) < 4.78 is 0. The highest BCUT2D eigenvalue weighted by Crippen LogP contribution is 2.20. The molecule has 0 radical (unpaired) electrons. The quantitative estimate of drug-likeness (QED) is 0.606.